The number of hydrogen-bond acceptors (Lipinski definition) is 3. The van der Waals surface area contributed by atoms with Gasteiger partial charge in [-0.15, -0.1) is 0 Å². The van der Waals surface area contributed by atoms with Gasteiger partial charge in [-0.3, -0.25) is 4.79 Å². The highest BCUT2D eigenvalue weighted by atomic mass is 79.9. The van der Waals surface area contributed by atoms with Crippen LogP contribution in [0.4, 0.5) is 5.69 Å². The van der Waals surface area contributed by atoms with Crippen molar-refractivity contribution in [1.29, 1.82) is 0 Å². The van der Waals surface area contributed by atoms with Crippen LogP contribution in [-0.4, -0.2) is 24.0 Å². The van der Waals surface area contributed by atoms with Gasteiger partial charge in [0, 0.05) is 22.0 Å². The summed E-state index contributed by atoms with van der Waals surface area (Å²) in [7, 11) is 0. The van der Waals surface area contributed by atoms with Crippen LogP contribution in [0, 0.1) is 0 Å². The largest absolute Gasteiger partial charge is 0.398 e. The fraction of sp³-hybridized carbons (Fsp3) is 0.417. The first-order chi connectivity index (χ1) is 8.04. The van der Waals surface area contributed by atoms with Gasteiger partial charge in [0.1, 0.15) is 0 Å². The van der Waals surface area contributed by atoms with Crippen LogP contribution in [0.25, 0.3) is 0 Å². The van der Waals surface area contributed by atoms with Crippen molar-refractivity contribution in [1.82, 2.24) is 5.32 Å². The van der Waals surface area contributed by atoms with Gasteiger partial charge in [-0.05, 0) is 30.9 Å². The van der Waals surface area contributed by atoms with Crippen molar-refractivity contribution >= 4 is 39.3 Å². The minimum atomic E-state index is -0.114. The lowest BCUT2D eigenvalue weighted by Crippen LogP contribution is -2.26. The number of hydrogen-bond donors (Lipinski definition) is 2. The molecule has 0 saturated carbocycles. The summed E-state index contributed by atoms with van der Waals surface area (Å²) in [5.41, 5.74) is 6.79. The Morgan fingerprint density at radius 2 is 2.29 bits per heavy atom. The monoisotopic (exact) mass is 316 g/mol. The number of halogens is 1. The van der Waals surface area contributed by atoms with E-state index in [1.807, 2.05) is 6.07 Å². The Labute approximate surface area is 115 Å². The van der Waals surface area contributed by atoms with Crippen LogP contribution in [0.2, 0.25) is 0 Å². The number of thioether (sulfide) groups is 1. The molecule has 0 spiro atoms. The molecule has 17 heavy (non-hydrogen) atoms. The van der Waals surface area contributed by atoms with Gasteiger partial charge in [0.25, 0.3) is 5.91 Å². The quantitative estimate of drug-likeness (QED) is 0.821. The molecular formula is C12H17BrN2OS. The number of rotatable bonds is 5. The van der Waals surface area contributed by atoms with Crippen LogP contribution in [0.1, 0.15) is 23.7 Å². The number of anilines is 1. The van der Waals surface area contributed by atoms with Crippen molar-refractivity contribution in [2.75, 3.05) is 18.5 Å². The average Bonchev–Trinajstić information content (AvgIpc) is 2.31. The Morgan fingerprint density at radius 3 is 2.94 bits per heavy atom. The third-order valence-corrected chi connectivity index (χ3v) is 4.03. The number of nitrogen functional groups attached to an aromatic ring is 1. The lowest BCUT2D eigenvalue weighted by atomic mass is 10.1. The van der Waals surface area contributed by atoms with Crippen LogP contribution < -0.4 is 11.1 Å². The molecule has 94 valence electrons. The summed E-state index contributed by atoms with van der Waals surface area (Å²) in [5, 5.41) is 3.43. The van der Waals surface area contributed by atoms with E-state index in [9.17, 15) is 4.79 Å². The zero-order valence-corrected chi connectivity index (χ0v) is 12.4. The molecule has 0 aromatic heterocycles. The zero-order chi connectivity index (χ0) is 12.8. The van der Waals surface area contributed by atoms with E-state index in [-0.39, 0.29) is 5.91 Å². The lowest BCUT2D eigenvalue weighted by molar-refractivity contribution is 0.0954. The predicted octanol–water partition coefficient (Wildman–Crippen LogP) is 2.90. The van der Waals surface area contributed by atoms with Crippen LogP contribution in [0.15, 0.2) is 22.7 Å². The average molecular weight is 317 g/mol. The maximum absolute atomic E-state index is 11.9. The molecule has 5 heteroatoms. The maximum Gasteiger partial charge on any atom is 0.253 e. The number of carbonyl (C=O) groups is 1. The molecule has 1 aromatic carbocycles. The number of benzene rings is 1. The van der Waals surface area contributed by atoms with Crippen molar-refractivity contribution in [3.63, 3.8) is 0 Å². The van der Waals surface area contributed by atoms with Gasteiger partial charge in [0.05, 0.1) is 5.56 Å². The summed E-state index contributed by atoms with van der Waals surface area (Å²) in [6, 6.07) is 5.29. The van der Waals surface area contributed by atoms with Crippen molar-refractivity contribution in [2.45, 2.75) is 18.6 Å². The first-order valence-corrected chi connectivity index (χ1v) is 7.48. The van der Waals surface area contributed by atoms with Crippen LogP contribution in [-0.2, 0) is 0 Å². The Morgan fingerprint density at radius 1 is 1.59 bits per heavy atom. The van der Waals surface area contributed by atoms with Gasteiger partial charge in [0.15, 0.2) is 0 Å². The first-order valence-electron chi connectivity index (χ1n) is 5.40. The van der Waals surface area contributed by atoms with E-state index >= 15 is 0 Å². The molecule has 0 aliphatic heterocycles. The van der Waals surface area contributed by atoms with Crippen molar-refractivity contribution in [3.8, 4) is 0 Å². The second-order valence-corrected chi connectivity index (χ2v) is 6.01. The second kappa shape index (κ2) is 6.91. The minimum absolute atomic E-state index is 0.114. The predicted molar refractivity (Wildman–Crippen MR) is 78.5 cm³/mol. The third kappa shape index (κ3) is 4.60. The standard InChI is InChI=1S/C12H17BrN2OS/c1-8(17-2)5-6-15-12(16)10-7-9(13)3-4-11(10)14/h3-4,7-8H,5-6,14H2,1-2H3,(H,15,16). The van der Waals surface area contributed by atoms with Crippen molar-refractivity contribution in [2.24, 2.45) is 0 Å². The van der Waals surface area contributed by atoms with E-state index < -0.39 is 0 Å². The minimum Gasteiger partial charge on any atom is -0.398 e. The number of nitrogens with two attached hydrogens (primary N) is 1. The van der Waals surface area contributed by atoms with Crippen LogP contribution >= 0.6 is 27.7 Å². The third-order valence-electron chi connectivity index (χ3n) is 2.50. The van der Waals surface area contributed by atoms with E-state index in [1.165, 1.54) is 0 Å². The molecule has 0 bridgehead atoms. The number of amides is 1. The van der Waals surface area contributed by atoms with E-state index in [0.717, 1.165) is 10.9 Å². The highest BCUT2D eigenvalue weighted by Gasteiger charge is 2.10. The number of nitrogens with one attached hydrogen (secondary N) is 1. The van der Waals surface area contributed by atoms with Crippen molar-refractivity contribution in [3.05, 3.63) is 28.2 Å². The molecule has 0 saturated heterocycles. The molecule has 0 radical (unpaired) electrons. The molecule has 3 nitrogen and oxygen atoms in total. The van der Waals surface area contributed by atoms with Gasteiger partial charge < -0.3 is 11.1 Å². The van der Waals surface area contributed by atoms with E-state index in [0.29, 0.717) is 23.0 Å². The Hall–Kier alpha value is -0.680. The fourth-order valence-corrected chi connectivity index (χ4v) is 2.04. The molecule has 1 atom stereocenters. The maximum atomic E-state index is 11.9. The Kier molecular flexibility index (Phi) is 5.85. The topological polar surface area (TPSA) is 55.1 Å². The molecular weight excluding hydrogens is 300 g/mol. The summed E-state index contributed by atoms with van der Waals surface area (Å²) in [4.78, 5) is 11.9. The molecule has 0 aliphatic carbocycles. The normalized spacial score (nSPS) is 12.2. The van der Waals surface area contributed by atoms with Gasteiger partial charge in [-0.25, -0.2) is 0 Å². The highest BCUT2D eigenvalue weighted by Crippen LogP contribution is 2.18. The molecule has 1 amide bonds. The van der Waals surface area contributed by atoms with Gasteiger partial charge in [-0.2, -0.15) is 11.8 Å². The first kappa shape index (κ1) is 14.4. The molecule has 0 aliphatic rings. The van der Waals surface area contributed by atoms with Gasteiger partial charge in [-0.1, -0.05) is 22.9 Å². The zero-order valence-electron chi connectivity index (χ0n) is 10.00. The van der Waals surface area contributed by atoms with Gasteiger partial charge >= 0.3 is 0 Å². The molecule has 1 aromatic rings. The van der Waals surface area contributed by atoms with Crippen molar-refractivity contribution < 1.29 is 4.79 Å². The summed E-state index contributed by atoms with van der Waals surface area (Å²) in [6.07, 6.45) is 3.03. The smallest absolute Gasteiger partial charge is 0.253 e. The number of carbonyl (C=O) groups excluding carboxylic acids is 1. The van der Waals surface area contributed by atoms with Crippen LogP contribution in [0.5, 0.6) is 0 Å². The second-order valence-electron chi connectivity index (χ2n) is 3.82. The molecule has 1 unspecified atom stereocenters. The van der Waals surface area contributed by atoms with Crippen LogP contribution in [0.3, 0.4) is 0 Å². The van der Waals surface area contributed by atoms with E-state index in [1.54, 1.807) is 23.9 Å². The molecule has 3 N–H and O–H groups in total. The fourth-order valence-electron chi connectivity index (χ4n) is 1.33. The molecule has 1 rings (SSSR count). The molecule has 0 heterocycles. The Balaban J connectivity index is 2.55. The summed E-state index contributed by atoms with van der Waals surface area (Å²) in [6.45, 7) is 2.82. The summed E-state index contributed by atoms with van der Waals surface area (Å²) >= 11 is 5.12. The van der Waals surface area contributed by atoms with E-state index in [2.05, 4.69) is 34.4 Å². The SMILES string of the molecule is CSC(C)CCNC(=O)c1cc(Br)ccc1N. The summed E-state index contributed by atoms with van der Waals surface area (Å²) in [5.74, 6) is -0.114. The lowest BCUT2D eigenvalue weighted by Gasteiger charge is -2.10. The van der Waals surface area contributed by atoms with E-state index in [4.69, 9.17) is 5.73 Å². The highest BCUT2D eigenvalue weighted by molar-refractivity contribution is 9.10. The summed E-state index contributed by atoms with van der Waals surface area (Å²) < 4.78 is 0.856. The molecule has 0 fully saturated rings. The Bertz CT molecular complexity index is 398. The van der Waals surface area contributed by atoms with Gasteiger partial charge in [0.2, 0.25) is 0 Å².